The number of carboxylic acid groups (broad SMARTS) is 1. The lowest BCUT2D eigenvalue weighted by molar-refractivity contribution is -0.143. The topological polar surface area (TPSA) is 150 Å². The SMILES string of the molecule is CN(CCCCCC(=O)N(C)CCN1CCC(N(C(=O)O)c2ccccc2-c2ccccc2)CC1)CCc1ccc(C(=O)N(C)CCCN(C)C(=O)CO[C@H]2Cc3ccccc3C23CCN(CC[C@]2(c4ccc(F)cc4)CN(C(=O)c4cc(C(F)(F)F)cc(C(F)(F)F)c4)CO2)CC3)cc1.Cl.Cl.Cl. The number of halogens is 10. The van der Waals surface area contributed by atoms with Gasteiger partial charge in [-0.25, -0.2) is 9.18 Å². The number of likely N-dealkylation sites (N-methyl/N-ethyl adjacent to an activating group) is 3. The van der Waals surface area contributed by atoms with E-state index in [9.17, 15) is 59.8 Å². The van der Waals surface area contributed by atoms with E-state index in [0.29, 0.717) is 113 Å². The molecule has 1 aliphatic carbocycles. The second-order valence-electron chi connectivity index (χ2n) is 27.4. The summed E-state index contributed by atoms with van der Waals surface area (Å²) in [5.74, 6) is -1.77. The van der Waals surface area contributed by atoms with Crippen LogP contribution >= 0.6 is 37.2 Å². The van der Waals surface area contributed by atoms with E-state index >= 15 is 0 Å². The number of para-hydroxylation sites is 1. The first kappa shape index (κ1) is 82.9. The minimum Gasteiger partial charge on any atom is -0.465 e. The summed E-state index contributed by atoms with van der Waals surface area (Å²) >= 11 is 0. The third-order valence-electron chi connectivity index (χ3n) is 20.7. The molecular weight excluding hydrogens is 1400 g/mol. The van der Waals surface area contributed by atoms with Gasteiger partial charge in [0.15, 0.2) is 0 Å². The van der Waals surface area contributed by atoms with Crippen LogP contribution in [0.25, 0.3) is 11.1 Å². The third kappa shape index (κ3) is 21.0. The molecule has 0 radical (unpaired) electrons. The number of amides is 5. The number of likely N-dealkylation sites (tertiary alicyclic amines) is 2. The number of rotatable bonds is 28. The molecule has 5 amide bonds. The molecule has 3 heterocycles. The number of carbonyl (C=O) groups excluding carboxylic acids is 4. The van der Waals surface area contributed by atoms with Crippen molar-refractivity contribution in [3.63, 3.8) is 0 Å². The zero-order valence-electron chi connectivity index (χ0n) is 58.6. The second-order valence-corrected chi connectivity index (χ2v) is 27.4. The highest BCUT2D eigenvalue weighted by Crippen LogP contribution is 2.49. The van der Waals surface area contributed by atoms with Crippen LogP contribution in [0.3, 0.4) is 0 Å². The molecule has 0 unspecified atom stereocenters. The Labute approximate surface area is 617 Å². The highest BCUT2D eigenvalue weighted by atomic mass is 35.5. The monoisotopic (exact) mass is 1500 g/mol. The summed E-state index contributed by atoms with van der Waals surface area (Å²) in [6, 6.07) is 39.5. The molecule has 3 aliphatic heterocycles. The zero-order valence-corrected chi connectivity index (χ0v) is 61.1. The largest absolute Gasteiger partial charge is 0.465 e. The average Bonchev–Trinajstić information content (AvgIpc) is 1.57. The molecular formula is C77H94Cl3F7N8O8. The molecule has 0 bridgehead atoms. The molecule has 2 atom stereocenters. The Kier molecular flexibility index (Phi) is 29.8. The molecule has 6 aromatic carbocycles. The van der Waals surface area contributed by atoms with E-state index in [2.05, 4.69) is 33.9 Å². The van der Waals surface area contributed by atoms with Gasteiger partial charge in [-0.1, -0.05) is 103 Å². The Morgan fingerprint density at radius 3 is 1.89 bits per heavy atom. The fourth-order valence-corrected chi connectivity index (χ4v) is 14.7. The standard InChI is InChI=1S/C77H91F7N8O8.3ClH/c1-85(37-14-6-9-22-69(93)87(3)46-47-89-41-32-64(33-42-89)92(73(97)98)67-21-13-11-19-65(67)56-16-7-5-8-17-56)40-31-55-23-25-57(26-24-55)71(95)88(4)39-15-38-86(2)70(94)52-99-68-50-58-18-10-12-20-66(58)74(68)34-43-90(44-35-74)45-36-75(60-27-29-63(78)30-28-60)53-91(54-100-75)72(96)59-48-61(76(79,80)81)51-62(49-59)77(82,83)84;;;/h5,7-8,10-13,16-21,23-30,48-49,51,64,68H,6,9,14-15,22,31-47,50,52-54H2,1-4H3,(H,97,98);3*1H/t68-,75+;;;/m0.../s1. The van der Waals surface area contributed by atoms with E-state index in [1.165, 1.54) is 34.7 Å². The van der Waals surface area contributed by atoms with Crippen LogP contribution in [-0.4, -0.2) is 201 Å². The smallest absolute Gasteiger partial charge is 0.416 e. The van der Waals surface area contributed by atoms with Gasteiger partial charge in [0.25, 0.3) is 11.8 Å². The van der Waals surface area contributed by atoms with Crippen molar-refractivity contribution < 1.29 is 69.3 Å². The van der Waals surface area contributed by atoms with Crippen molar-refractivity contribution >= 4 is 72.6 Å². The van der Waals surface area contributed by atoms with E-state index < -0.39 is 64.6 Å². The van der Waals surface area contributed by atoms with Gasteiger partial charge in [-0.05, 0) is 167 Å². The van der Waals surface area contributed by atoms with Gasteiger partial charge < -0.3 is 48.9 Å². The van der Waals surface area contributed by atoms with E-state index in [-0.39, 0.29) is 92.7 Å². The molecule has 1 spiro atoms. The van der Waals surface area contributed by atoms with E-state index in [4.69, 9.17) is 9.47 Å². The maximum absolute atomic E-state index is 14.3. The van der Waals surface area contributed by atoms with E-state index in [1.54, 1.807) is 23.9 Å². The Morgan fingerprint density at radius 2 is 1.23 bits per heavy atom. The Hall–Kier alpha value is -7.35. The van der Waals surface area contributed by atoms with Crippen LogP contribution in [0.5, 0.6) is 0 Å². The first-order chi connectivity index (χ1) is 47.8. The van der Waals surface area contributed by atoms with Crippen molar-refractivity contribution in [1.82, 2.24) is 34.3 Å². The van der Waals surface area contributed by atoms with Crippen molar-refractivity contribution in [3.05, 3.63) is 196 Å². The van der Waals surface area contributed by atoms with Gasteiger partial charge in [0.2, 0.25) is 11.8 Å². The number of ether oxygens (including phenoxy) is 2. The number of carbonyl (C=O) groups is 5. The van der Waals surface area contributed by atoms with Gasteiger partial charge >= 0.3 is 18.4 Å². The lowest BCUT2D eigenvalue weighted by Crippen LogP contribution is -2.50. The summed E-state index contributed by atoms with van der Waals surface area (Å²) in [7, 11) is 7.44. The number of alkyl halides is 6. The Balaban J connectivity index is 0.00000495. The maximum atomic E-state index is 14.3. The summed E-state index contributed by atoms with van der Waals surface area (Å²) in [6.45, 7) is 6.31. The molecule has 0 saturated carbocycles. The maximum Gasteiger partial charge on any atom is 0.416 e. The molecule has 1 N–H and O–H groups in total. The van der Waals surface area contributed by atoms with Gasteiger partial charge in [0, 0.05) is 108 Å². The van der Waals surface area contributed by atoms with Gasteiger partial charge in [0.05, 0.1) is 29.5 Å². The van der Waals surface area contributed by atoms with Gasteiger partial charge in [0.1, 0.15) is 24.8 Å². The number of hydrogen-bond donors (Lipinski definition) is 1. The minimum atomic E-state index is -5.15. The molecule has 3 saturated heterocycles. The number of benzene rings is 6. The predicted octanol–water partition coefficient (Wildman–Crippen LogP) is 14.2. The highest BCUT2D eigenvalue weighted by Gasteiger charge is 2.50. The van der Waals surface area contributed by atoms with Crippen LogP contribution in [-0.2, 0) is 55.3 Å². The molecule has 560 valence electrons. The fourth-order valence-electron chi connectivity index (χ4n) is 14.7. The highest BCUT2D eigenvalue weighted by molar-refractivity contribution is 5.96. The van der Waals surface area contributed by atoms with Crippen molar-refractivity contribution in [3.8, 4) is 11.1 Å². The van der Waals surface area contributed by atoms with E-state index in [1.807, 2.05) is 103 Å². The lowest BCUT2D eigenvalue weighted by Gasteiger charge is -2.44. The molecule has 10 rings (SSSR count). The number of anilines is 1. The summed E-state index contributed by atoms with van der Waals surface area (Å²) in [6.07, 6.45) is -3.32. The first-order valence-electron chi connectivity index (χ1n) is 34.6. The normalized spacial score (nSPS) is 17.6. The molecule has 0 aromatic heterocycles. The summed E-state index contributed by atoms with van der Waals surface area (Å²) < 4.78 is 110. The fraction of sp³-hybridized carbons (Fsp3) is 0.468. The van der Waals surface area contributed by atoms with Crippen LogP contribution in [0.2, 0.25) is 0 Å². The van der Waals surface area contributed by atoms with Crippen LogP contribution in [0.4, 0.5) is 41.2 Å². The van der Waals surface area contributed by atoms with Crippen molar-refractivity contribution in [2.24, 2.45) is 0 Å². The van der Waals surface area contributed by atoms with Crippen LogP contribution in [0.15, 0.2) is 146 Å². The van der Waals surface area contributed by atoms with Crippen LogP contribution in [0, 0.1) is 5.82 Å². The number of fused-ring (bicyclic) bond motifs is 2. The average molecular weight is 1500 g/mol. The minimum absolute atomic E-state index is 0. The molecule has 103 heavy (non-hydrogen) atoms. The Bertz CT molecular complexity index is 3740. The van der Waals surface area contributed by atoms with E-state index in [0.717, 1.165) is 85.6 Å². The molecule has 6 aromatic rings. The van der Waals surface area contributed by atoms with Crippen LogP contribution < -0.4 is 4.90 Å². The first-order valence-corrected chi connectivity index (χ1v) is 34.6. The van der Waals surface area contributed by atoms with Gasteiger partial charge in [-0.3, -0.25) is 24.1 Å². The molecule has 26 heteroatoms. The molecule has 3 fully saturated rings. The lowest BCUT2D eigenvalue weighted by atomic mass is 9.72. The van der Waals surface area contributed by atoms with Crippen molar-refractivity contribution in [2.75, 3.05) is 125 Å². The van der Waals surface area contributed by atoms with Crippen molar-refractivity contribution in [2.45, 2.75) is 113 Å². The molecule has 16 nitrogen and oxygen atoms in total. The predicted molar refractivity (Wildman–Crippen MR) is 390 cm³/mol. The number of piperidine rings is 2. The number of hydrogen-bond acceptors (Lipinski definition) is 10. The summed E-state index contributed by atoms with van der Waals surface area (Å²) in [4.78, 5) is 81.3. The number of nitrogens with zero attached hydrogens (tertiary/aromatic N) is 8. The van der Waals surface area contributed by atoms with Crippen LogP contribution in [0.1, 0.15) is 118 Å². The van der Waals surface area contributed by atoms with Crippen molar-refractivity contribution in [1.29, 1.82) is 0 Å². The summed E-state index contributed by atoms with van der Waals surface area (Å²) in [5, 5.41) is 10.4. The zero-order chi connectivity index (χ0) is 71.4. The number of unbranched alkanes of at least 4 members (excludes halogenated alkanes) is 2. The Morgan fingerprint density at radius 1 is 0.621 bits per heavy atom. The summed E-state index contributed by atoms with van der Waals surface area (Å²) in [5.41, 5.74) is 1.39. The van der Waals surface area contributed by atoms with Gasteiger partial charge in [-0.15, -0.1) is 37.2 Å². The molecule has 4 aliphatic rings. The van der Waals surface area contributed by atoms with Gasteiger partial charge in [-0.2, -0.15) is 26.3 Å². The third-order valence-corrected chi connectivity index (χ3v) is 20.7. The quantitative estimate of drug-likeness (QED) is 0.0369. The second kappa shape index (κ2) is 37.1.